The number of piperidine rings is 1. The Morgan fingerprint density at radius 2 is 2.29 bits per heavy atom. The molecule has 0 aliphatic carbocycles. The molecule has 2 nitrogen and oxygen atoms in total. The van der Waals surface area contributed by atoms with Gasteiger partial charge in [-0.3, -0.25) is 9.69 Å². The molecule has 0 aromatic carbocycles. The van der Waals surface area contributed by atoms with Crippen LogP contribution in [0.15, 0.2) is 0 Å². The van der Waals surface area contributed by atoms with Crippen molar-refractivity contribution in [1.29, 1.82) is 0 Å². The Morgan fingerprint density at radius 3 is 2.93 bits per heavy atom. The van der Waals surface area contributed by atoms with E-state index in [1.54, 1.807) is 0 Å². The normalized spacial score (nSPS) is 28.8. The van der Waals surface area contributed by atoms with Crippen molar-refractivity contribution in [3.63, 3.8) is 0 Å². The first-order valence-corrected chi connectivity index (χ1v) is 5.37. The zero-order chi connectivity index (χ0) is 10.6. The molecule has 0 spiro atoms. The lowest BCUT2D eigenvalue weighted by Crippen LogP contribution is -2.47. The van der Waals surface area contributed by atoms with Gasteiger partial charge in [0.2, 0.25) is 0 Å². The molecule has 2 unspecified atom stereocenters. The number of terminal acetylenes is 1. The van der Waals surface area contributed by atoms with Crippen LogP contribution in [-0.2, 0) is 4.79 Å². The molecular weight excluding hydrogens is 174 g/mol. The second kappa shape index (κ2) is 5.17. The Bertz CT molecular complexity index is 241. The molecule has 0 bridgehead atoms. The van der Waals surface area contributed by atoms with Crippen LogP contribution >= 0.6 is 0 Å². The summed E-state index contributed by atoms with van der Waals surface area (Å²) in [6.45, 7) is 6.11. The third-order valence-electron chi connectivity index (χ3n) is 3.22. The van der Waals surface area contributed by atoms with E-state index < -0.39 is 0 Å². The molecule has 2 atom stereocenters. The maximum atomic E-state index is 11.4. The van der Waals surface area contributed by atoms with Crippen LogP contribution in [0.1, 0.15) is 33.1 Å². The molecule has 1 heterocycles. The summed E-state index contributed by atoms with van der Waals surface area (Å²) in [7, 11) is 0. The highest BCUT2D eigenvalue weighted by molar-refractivity contribution is 5.82. The lowest BCUT2D eigenvalue weighted by molar-refractivity contribution is -0.127. The number of hydrogen-bond donors (Lipinski definition) is 0. The van der Waals surface area contributed by atoms with Crippen LogP contribution in [0, 0.1) is 18.3 Å². The molecule has 78 valence electrons. The van der Waals surface area contributed by atoms with Gasteiger partial charge in [-0.05, 0) is 19.9 Å². The van der Waals surface area contributed by atoms with Crippen molar-refractivity contribution in [2.75, 3.05) is 13.1 Å². The van der Waals surface area contributed by atoms with Crippen LogP contribution in [0.5, 0.6) is 0 Å². The van der Waals surface area contributed by atoms with Crippen molar-refractivity contribution in [3.05, 3.63) is 0 Å². The summed E-state index contributed by atoms with van der Waals surface area (Å²) in [5, 5.41) is 0. The van der Waals surface area contributed by atoms with Gasteiger partial charge < -0.3 is 0 Å². The molecule has 14 heavy (non-hydrogen) atoms. The smallest absolute Gasteiger partial charge is 0.138 e. The van der Waals surface area contributed by atoms with E-state index in [2.05, 4.69) is 17.7 Å². The first-order valence-electron chi connectivity index (χ1n) is 5.37. The molecule has 0 aromatic rings. The average Bonchev–Trinajstić information content (AvgIpc) is 2.18. The summed E-state index contributed by atoms with van der Waals surface area (Å²) in [6.07, 6.45) is 7.80. The fourth-order valence-corrected chi connectivity index (χ4v) is 1.97. The highest BCUT2D eigenvalue weighted by Gasteiger charge is 2.29. The minimum absolute atomic E-state index is 0.189. The van der Waals surface area contributed by atoms with Crippen molar-refractivity contribution in [2.45, 2.75) is 39.2 Å². The first-order chi connectivity index (χ1) is 6.66. The average molecular weight is 193 g/mol. The largest absolute Gasteiger partial charge is 0.299 e. The predicted octanol–water partition coefficient (Wildman–Crippen LogP) is 1.70. The molecule has 0 N–H and O–H groups in total. The van der Waals surface area contributed by atoms with Gasteiger partial charge in [0.15, 0.2) is 0 Å². The van der Waals surface area contributed by atoms with Crippen molar-refractivity contribution in [1.82, 2.24) is 4.90 Å². The molecule has 1 saturated heterocycles. The molecular formula is C12H19NO. The van der Waals surface area contributed by atoms with E-state index in [1.807, 2.05) is 6.92 Å². The maximum Gasteiger partial charge on any atom is 0.138 e. The molecule has 1 aliphatic heterocycles. The summed E-state index contributed by atoms with van der Waals surface area (Å²) in [5.74, 6) is 3.25. The highest BCUT2D eigenvalue weighted by Crippen LogP contribution is 2.20. The Labute approximate surface area is 86.7 Å². The third-order valence-corrected chi connectivity index (χ3v) is 3.22. The summed E-state index contributed by atoms with van der Waals surface area (Å²) in [5.41, 5.74) is 0. The Morgan fingerprint density at radius 1 is 1.57 bits per heavy atom. The third kappa shape index (κ3) is 2.59. The predicted molar refractivity (Wildman–Crippen MR) is 57.9 cm³/mol. The van der Waals surface area contributed by atoms with Crippen molar-refractivity contribution >= 4 is 5.78 Å². The number of rotatable bonds is 3. The van der Waals surface area contributed by atoms with Gasteiger partial charge in [0.05, 0.1) is 0 Å². The minimum atomic E-state index is 0.189. The molecule has 1 rings (SSSR count). The molecule has 0 saturated carbocycles. The van der Waals surface area contributed by atoms with Gasteiger partial charge in [-0.25, -0.2) is 0 Å². The Kier molecular flexibility index (Phi) is 4.16. The topological polar surface area (TPSA) is 20.3 Å². The molecule has 2 heteroatoms. The fraction of sp³-hybridized carbons (Fsp3) is 0.750. The number of carbonyl (C=O) groups excluding carboxylic acids is 1. The van der Waals surface area contributed by atoms with Crippen molar-refractivity contribution in [2.24, 2.45) is 5.92 Å². The van der Waals surface area contributed by atoms with Crippen LogP contribution in [0.25, 0.3) is 0 Å². The number of Topliss-reactive ketones (excluding diaryl/α,β-unsaturated/α-hetero) is 1. The summed E-state index contributed by atoms with van der Waals surface area (Å²) in [6, 6.07) is 0.383. The number of hydrogen-bond acceptors (Lipinski definition) is 2. The summed E-state index contributed by atoms with van der Waals surface area (Å²) >= 11 is 0. The fourth-order valence-electron chi connectivity index (χ4n) is 1.97. The number of unbranched alkanes of at least 4 members (excludes halogenated alkanes) is 1. The lowest BCUT2D eigenvalue weighted by atomic mass is 9.90. The van der Waals surface area contributed by atoms with E-state index in [1.165, 1.54) is 0 Å². The molecule has 0 radical (unpaired) electrons. The maximum absolute atomic E-state index is 11.4. The highest BCUT2D eigenvalue weighted by atomic mass is 16.1. The van der Waals surface area contributed by atoms with E-state index in [4.69, 9.17) is 6.42 Å². The summed E-state index contributed by atoms with van der Waals surface area (Å²) < 4.78 is 0. The minimum Gasteiger partial charge on any atom is -0.299 e. The Balaban J connectivity index is 2.39. The lowest BCUT2D eigenvalue weighted by Gasteiger charge is -2.36. The quantitative estimate of drug-likeness (QED) is 0.502. The standard InChI is InChI=1S/C12H19NO/c1-4-5-6-8-13-9-7-12(14)10(2)11(13)3/h1,10-11H,5-9H2,2-3H3. The number of ketones is 1. The van der Waals surface area contributed by atoms with Crippen LogP contribution in [0.2, 0.25) is 0 Å². The van der Waals surface area contributed by atoms with Crippen LogP contribution in [-0.4, -0.2) is 29.8 Å². The zero-order valence-electron chi connectivity index (χ0n) is 9.12. The van der Waals surface area contributed by atoms with E-state index >= 15 is 0 Å². The second-order valence-electron chi connectivity index (χ2n) is 4.09. The molecule has 1 fully saturated rings. The molecule has 0 aromatic heterocycles. The van der Waals surface area contributed by atoms with E-state index in [9.17, 15) is 4.79 Å². The van der Waals surface area contributed by atoms with E-state index in [0.29, 0.717) is 18.2 Å². The van der Waals surface area contributed by atoms with Crippen LogP contribution in [0.3, 0.4) is 0 Å². The van der Waals surface area contributed by atoms with Crippen molar-refractivity contribution in [3.8, 4) is 12.3 Å². The number of carbonyl (C=O) groups is 1. The molecule has 0 amide bonds. The van der Waals surface area contributed by atoms with Crippen LogP contribution in [0.4, 0.5) is 0 Å². The van der Waals surface area contributed by atoms with E-state index in [0.717, 1.165) is 25.9 Å². The number of likely N-dealkylation sites (tertiary alicyclic amines) is 1. The van der Waals surface area contributed by atoms with E-state index in [-0.39, 0.29) is 5.92 Å². The molecule has 1 aliphatic rings. The van der Waals surface area contributed by atoms with Gasteiger partial charge in [0.1, 0.15) is 5.78 Å². The van der Waals surface area contributed by atoms with Gasteiger partial charge in [-0.1, -0.05) is 6.92 Å². The van der Waals surface area contributed by atoms with Gasteiger partial charge in [0.25, 0.3) is 0 Å². The van der Waals surface area contributed by atoms with Crippen molar-refractivity contribution < 1.29 is 4.79 Å². The zero-order valence-corrected chi connectivity index (χ0v) is 9.12. The summed E-state index contributed by atoms with van der Waals surface area (Å²) in [4.78, 5) is 13.8. The Hall–Kier alpha value is -0.810. The van der Waals surface area contributed by atoms with Gasteiger partial charge in [-0.2, -0.15) is 0 Å². The monoisotopic (exact) mass is 193 g/mol. The van der Waals surface area contributed by atoms with Gasteiger partial charge >= 0.3 is 0 Å². The SMILES string of the molecule is C#CCCCN1CCC(=O)C(C)C1C. The second-order valence-corrected chi connectivity index (χ2v) is 4.09. The first kappa shape index (κ1) is 11.3. The number of nitrogens with zero attached hydrogens (tertiary/aromatic N) is 1. The van der Waals surface area contributed by atoms with Crippen LogP contribution < -0.4 is 0 Å². The van der Waals surface area contributed by atoms with Gasteiger partial charge in [0, 0.05) is 31.3 Å². The van der Waals surface area contributed by atoms with Gasteiger partial charge in [-0.15, -0.1) is 12.3 Å².